The molecule has 0 aliphatic heterocycles. The molecule has 2 rings (SSSR count). The number of nitriles is 1. The molecule has 0 spiro atoms. The summed E-state index contributed by atoms with van der Waals surface area (Å²) in [7, 11) is 1.58. The van der Waals surface area contributed by atoms with Crippen LogP contribution in [-0.2, 0) is 12.8 Å². The molecule has 3 N–H and O–H groups in total. The van der Waals surface area contributed by atoms with Gasteiger partial charge in [0, 0.05) is 12.0 Å². The van der Waals surface area contributed by atoms with Crippen LogP contribution in [0, 0.1) is 18.3 Å². The van der Waals surface area contributed by atoms with Gasteiger partial charge in [-0.3, -0.25) is 9.78 Å². The number of H-pyrrole nitrogens is 1. The lowest BCUT2D eigenvalue weighted by atomic mass is 9.98. The fraction of sp³-hybridized carbons (Fsp3) is 0.267. The number of rotatable bonds is 4. The normalized spacial score (nSPS) is 10.1. The topological polar surface area (TPSA) is 105 Å². The molecule has 0 amide bonds. The van der Waals surface area contributed by atoms with Gasteiger partial charge in [0.2, 0.25) is 5.95 Å². The predicted molar refractivity (Wildman–Crippen MR) is 79.1 cm³/mol. The number of aryl methyl sites for hydroxylation is 1. The summed E-state index contributed by atoms with van der Waals surface area (Å²) in [6.07, 6.45) is 0.654. The van der Waals surface area contributed by atoms with Crippen LogP contribution < -0.4 is 16.0 Å². The van der Waals surface area contributed by atoms with Gasteiger partial charge in [0.25, 0.3) is 5.56 Å². The van der Waals surface area contributed by atoms with Crippen LogP contribution in [0.5, 0.6) is 5.75 Å². The van der Waals surface area contributed by atoms with Crippen LogP contribution in [0.15, 0.2) is 23.0 Å². The monoisotopic (exact) mass is 284 g/mol. The second kappa shape index (κ2) is 6.09. The summed E-state index contributed by atoms with van der Waals surface area (Å²) in [5, 5.41) is 8.90. The minimum atomic E-state index is -0.259. The Morgan fingerprint density at radius 2 is 2.19 bits per heavy atom. The average molecular weight is 284 g/mol. The van der Waals surface area contributed by atoms with Gasteiger partial charge in [-0.25, -0.2) is 4.98 Å². The lowest BCUT2D eigenvalue weighted by molar-refractivity contribution is 0.414. The molecule has 0 aliphatic rings. The lowest BCUT2D eigenvalue weighted by Gasteiger charge is -2.10. The van der Waals surface area contributed by atoms with Crippen LogP contribution in [0.3, 0.4) is 0 Å². The van der Waals surface area contributed by atoms with Crippen LogP contribution in [0.25, 0.3) is 0 Å². The van der Waals surface area contributed by atoms with E-state index < -0.39 is 0 Å². The number of methoxy groups -OCH3 is 1. The maximum Gasteiger partial charge on any atom is 0.256 e. The number of hydrogen-bond donors (Lipinski definition) is 2. The molecule has 1 aromatic carbocycles. The van der Waals surface area contributed by atoms with E-state index in [0.717, 1.165) is 11.1 Å². The summed E-state index contributed by atoms with van der Waals surface area (Å²) in [6, 6.07) is 7.60. The molecular weight excluding hydrogens is 268 g/mol. The zero-order valence-corrected chi connectivity index (χ0v) is 11.9. The molecule has 0 saturated heterocycles. The Morgan fingerprint density at radius 1 is 1.43 bits per heavy atom. The Hall–Kier alpha value is -2.81. The van der Waals surface area contributed by atoms with E-state index in [-0.39, 0.29) is 17.9 Å². The maximum absolute atomic E-state index is 12.0. The van der Waals surface area contributed by atoms with E-state index in [1.165, 1.54) is 0 Å². The zero-order valence-electron chi connectivity index (χ0n) is 11.9. The molecule has 0 fully saturated rings. The SMILES string of the molecule is COc1ccc(CC#N)c(Cc2c(C)nc(N)[nH]c2=O)c1. The van der Waals surface area contributed by atoms with Crippen LogP contribution in [0.4, 0.5) is 5.95 Å². The smallest absolute Gasteiger partial charge is 0.256 e. The van der Waals surface area contributed by atoms with Crippen molar-refractivity contribution in [3.63, 3.8) is 0 Å². The van der Waals surface area contributed by atoms with E-state index >= 15 is 0 Å². The number of nitrogens with two attached hydrogens (primary N) is 1. The van der Waals surface area contributed by atoms with Gasteiger partial charge in [-0.15, -0.1) is 0 Å². The Balaban J connectivity index is 2.48. The second-order valence-corrected chi connectivity index (χ2v) is 4.66. The molecule has 1 heterocycles. The fourth-order valence-electron chi connectivity index (χ4n) is 2.18. The molecule has 0 bridgehead atoms. The molecule has 2 aromatic rings. The van der Waals surface area contributed by atoms with Gasteiger partial charge in [-0.2, -0.15) is 5.26 Å². The van der Waals surface area contributed by atoms with Gasteiger partial charge in [0.1, 0.15) is 5.75 Å². The molecule has 108 valence electrons. The first-order chi connectivity index (χ1) is 10.0. The molecule has 21 heavy (non-hydrogen) atoms. The van der Waals surface area contributed by atoms with E-state index in [2.05, 4.69) is 16.0 Å². The van der Waals surface area contributed by atoms with Crippen molar-refractivity contribution < 1.29 is 4.74 Å². The van der Waals surface area contributed by atoms with Crippen molar-refractivity contribution in [1.82, 2.24) is 9.97 Å². The van der Waals surface area contributed by atoms with Gasteiger partial charge < -0.3 is 10.5 Å². The quantitative estimate of drug-likeness (QED) is 0.881. The first kappa shape index (κ1) is 14.6. The number of nitrogens with one attached hydrogen (secondary N) is 1. The van der Waals surface area contributed by atoms with Crippen molar-refractivity contribution in [3.05, 3.63) is 50.9 Å². The zero-order chi connectivity index (χ0) is 15.4. The van der Waals surface area contributed by atoms with E-state index in [9.17, 15) is 4.79 Å². The molecule has 0 unspecified atom stereocenters. The van der Waals surface area contributed by atoms with Crippen molar-refractivity contribution in [1.29, 1.82) is 5.26 Å². The lowest BCUT2D eigenvalue weighted by Crippen LogP contribution is -2.19. The summed E-state index contributed by atoms with van der Waals surface area (Å²) < 4.78 is 5.20. The molecule has 0 aliphatic carbocycles. The average Bonchev–Trinajstić information content (AvgIpc) is 2.44. The van der Waals surface area contributed by atoms with Crippen LogP contribution in [-0.4, -0.2) is 17.1 Å². The summed E-state index contributed by atoms with van der Waals surface area (Å²) in [4.78, 5) is 18.6. The van der Waals surface area contributed by atoms with Crippen molar-refractivity contribution in [2.24, 2.45) is 0 Å². The Morgan fingerprint density at radius 3 is 2.81 bits per heavy atom. The fourth-order valence-corrected chi connectivity index (χ4v) is 2.18. The van der Waals surface area contributed by atoms with Crippen LogP contribution in [0.2, 0.25) is 0 Å². The van der Waals surface area contributed by atoms with Crippen molar-refractivity contribution in [2.75, 3.05) is 12.8 Å². The number of anilines is 1. The third kappa shape index (κ3) is 3.20. The van der Waals surface area contributed by atoms with Gasteiger partial charge in [0.15, 0.2) is 0 Å². The highest BCUT2D eigenvalue weighted by molar-refractivity contribution is 5.41. The van der Waals surface area contributed by atoms with E-state index in [0.29, 0.717) is 23.4 Å². The molecule has 1 aromatic heterocycles. The van der Waals surface area contributed by atoms with E-state index in [1.54, 1.807) is 20.1 Å². The van der Waals surface area contributed by atoms with E-state index in [4.69, 9.17) is 15.7 Å². The molecule has 0 saturated carbocycles. The maximum atomic E-state index is 12.0. The third-order valence-electron chi connectivity index (χ3n) is 3.29. The van der Waals surface area contributed by atoms with Crippen molar-refractivity contribution >= 4 is 5.95 Å². The van der Waals surface area contributed by atoms with Crippen LogP contribution >= 0.6 is 0 Å². The number of nitrogen functional groups attached to an aromatic ring is 1. The molecule has 6 heteroatoms. The summed E-state index contributed by atoms with van der Waals surface area (Å²) in [5.74, 6) is 0.785. The van der Waals surface area contributed by atoms with Gasteiger partial charge in [0.05, 0.1) is 25.3 Å². The molecule has 0 atom stereocenters. The molecular formula is C15H16N4O2. The van der Waals surface area contributed by atoms with E-state index in [1.807, 2.05) is 12.1 Å². The van der Waals surface area contributed by atoms with Gasteiger partial charge >= 0.3 is 0 Å². The van der Waals surface area contributed by atoms with Crippen molar-refractivity contribution in [3.8, 4) is 11.8 Å². The number of aromatic amines is 1. The van der Waals surface area contributed by atoms with Gasteiger partial charge in [-0.1, -0.05) is 6.07 Å². The molecule has 0 radical (unpaired) electrons. The number of aromatic nitrogens is 2. The van der Waals surface area contributed by atoms with Crippen LogP contribution in [0.1, 0.15) is 22.4 Å². The second-order valence-electron chi connectivity index (χ2n) is 4.66. The first-order valence-corrected chi connectivity index (χ1v) is 6.43. The number of benzene rings is 1. The number of ether oxygens (including phenoxy) is 1. The number of nitrogens with zero attached hydrogens (tertiary/aromatic N) is 2. The third-order valence-corrected chi connectivity index (χ3v) is 3.29. The highest BCUT2D eigenvalue weighted by Gasteiger charge is 2.12. The molecule has 6 nitrogen and oxygen atoms in total. The standard InChI is InChI=1S/C15H16N4O2/c1-9-13(14(20)19-15(17)18-9)8-11-7-12(21-2)4-3-10(11)5-6-16/h3-4,7H,5,8H2,1-2H3,(H3,17,18,19,20). The Labute approximate surface area is 122 Å². The Kier molecular flexibility index (Phi) is 4.24. The highest BCUT2D eigenvalue weighted by atomic mass is 16.5. The summed E-state index contributed by atoms with van der Waals surface area (Å²) >= 11 is 0. The predicted octanol–water partition coefficient (Wildman–Crippen LogP) is 1.33. The minimum absolute atomic E-state index is 0.101. The largest absolute Gasteiger partial charge is 0.497 e. The van der Waals surface area contributed by atoms with Gasteiger partial charge in [-0.05, 0) is 30.2 Å². The van der Waals surface area contributed by atoms with Crippen molar-refractivity contribution in [2.45, 2.75) is 19.8 Å². The Bertz CT molecular complexity index is 759. The highest BCUT2D eigenvalue weighted by Crippen LogP contribution is 2.21. The summed E-state index contributed by atoms with van der Waals surface area (Å²) in [6.45, 7) is 1.74. The minimum Gasteiger partial charge on any atom is -0.497 e. The number of hydrogen-bond acceptors (Lipinski definition) is 5. The first-order valence-electron chi connectivity index (χ1n) is 6.43. The summed E-state index contributed by atoms with van der Waals surface area (Å²) in [5.41, 5.74) is 8.12.